The van der Waals surface area contributed by atoms with Crippen molar-refractivity contribution in [3.63, 3.8) is 0 Å². The Morgan fingerprint density at radius 2 is 2.07 bits per heavy atom. The van der Waals surface area contributed by atoms with Gasteiger partial charge in [-0.25, -0.2) is 0 Å². The standard InChI is InChI=1S/C10H10F2N2O/c11-10(12)15-9-4-2-1-3-7(9)8(14)5-6-13/h1-4,8,10H,5,14H2/t8-/m1/s1. The summed E-state index contributed by atoms with van der Waals surface area (Å²) in [6.45, 7) is -2.89. The van der Waals surface area contributed by atoms with Gasteiger partial charge in [-0.15, -0.1) is 0 Å². The molecular weight excluding hydrogens is 202 g/mol. The number of para-hydroxylation sites is 1. The smallest absolute Gasteiger partial charge is 0.387 e. The Morgan fingerprint density at radius 3 is 2.67 bits per heavy atom. The van der Waals surface area contributed by atoms with Gasteiger partial charge in [-0.05, 0) is 6.07 Å². The van der Waals surface area contributed by atoms with Gasteiger partial charge >= 0.3 is 6.61 Å². The second-order valence-corrected chi connectivity index (χ2v) is 2.89. The largest absolute Gasteiger partial charge is 0.434 e. The molecule has 1 rings (SSSR count). The first-order chi connectivity index (χ1) is 7.15. The minimum absolute atomic E-state index is 0.0234. The Balaban J connectivity index is 2.91. The van der Waals surface area contributed by atoms with Crippen LogP contribution in [-0.2, 0) is 0 Å². The lowest BCUT2D eigenvalue weighted by Gasteiger charge is -2.13. The molecule has 2 N–H and O–H groups in total. The van der Waals surface area contributed by atoms with Crippen LogP contribution in [0.1, 0.15) is 18.0 Å². The molecule has 0 bridgehead atoms. The molecule has 0 spiro atoms. The Kier molecular flexibility index (Phi) is 4.01. The van der Waals surface area contributed by atoms with Crippen molar-refractivity contribution in [1.82, 2.24) is 0 Å². The topological polar surface area (TPSA) is 59.0 Å². The average Bonchev–Trinajstić information content (AvgIpc) is 2.18. The van der Waals surface area contributed by atoms with Gasteiger partial charge in [0.05, 0.1) is 12.5 Å². The fourth-order valence-electron chi connectivity index (χ4n) is 1.20. The van der Waals surface area contributed by atoms with Crippen LogP contribution in [0.5, 0.6) is 5.75 Å². The highest BCUT2D eigenvalue weighted by atomic mass is 19.3. The summed E-state index contributed by atoms with van der Waals surface area (Å²) in [6.07, 6.45) is 0.0591. The monoisotopic (exact) mass is 212 g/mol. The summed E-state index contributed by atoms with van der Waals surface area (Å²) in [5, 5.41) is 8.45. The molecular formula is C10H10F2N2O. The number of hydrogen-bond acceptors (Lipinski definition) is 3. The summed E-state index contributed by atoms with van der Waals surface area (Å²) in [7, 11) is 0. The zero-order valence-electron chi connectivity index (χ0n) is 7.86. The number of nitrogens with two attached hydrogens (primary N) is 1. The molecule has 80 valence electrons. The zero-order chi connectivity index (χ0) is 11.3. The SMILES string of the molecule is N#CC[C@@H](N)c1ccccc1OC(F)F. The van der Waals surface area contributed by atoms with Crippen LogP contribution in [0.25, 0.3) is 0 Å². The fourth-order valence-corrected chi connectivity index (χ4v) is 1.20. The maximum atomic E-state index is 12.0. The molecule has 1 aromatic rings. The number of hydrogen-bond donors (Lipinski definition) is 1. The molecule has 5 heteroatoms. The van der Waals surface area contributed by atoms with E-state index in [1.807, 2.05) is 6.07 Å². The maximum Gasteiger partial charge on any atom is 0.387 e. The van der Waals surface area contributed by atoms with Gasteiger partial charge < -0.3 is 10.5 Å². The van der Waals surface area contributed by atoms with Crippen LogP contribution in [0.4, 0.5) is 8.78 Å². The highest BCUT2D eigenvalue weighted by molar-refractivity contribution is 5.36. The third kappa shape index (κ3) is 3.18. The van der Waals surface area contributed by atoms with E-state index in [1.54, 1.807) is 18.2 Å². The molecule has 1 atom stereocenters. The molecule has 3 nitrogen and oxygen atoms in total. The van der Waals surface area contributed by atoms with Gasteiger partial charge in [-0.2, -0.15) is 14.0 Å². The predicted molar refractivity (Wildman–Crippen MR) is 50.2 cm³/mol. The van der Waals surface area contributed by atoms with Gasteiger partial charge in [0.1, 0.15) is 5.75 Å². The van der Waals surface area contributed by atoms with Crippen molar-refractivity contribution in [2.75, 3.05) is 0 Å². The minimum Gasteiger partial charge on any atom is -0.434 e. The molecule has 0 aliphatic heterocycles. The van der Waals surface area contributed by atoms with Gasteiger partial charge in [0.25, 0.3) is 0 Å². The Bertz CT molecular complexity index is 363. The lowest BCUT2D eigenvalue weighted by Crippen LogP contribution is -2.12. The minimum atomic E-state index is -2.89. The number of nitrogens with zero attached hydrogens (tertiary/aromatic N) is 1. The number of rotatable bonds is 4. The first kappa shape index (κ1) is 11.4. The van der Waals surface area contributed by atoms with Crippen LogP contribution in [0.2, 0.25) is 0 Å². The summed E-state index contributed by atoms with van der Waals surface area (Å²) in [4.78, 5) is 0. The quantitative estimate of drug-likeness (QED) is 0.832. The lowest BCUT2D eigenvalue weighted by atomic mass is 10.0. The van der Waals surface area contributed by atoms with E-state index in [9.17, 15) is 8.78 Å². The summed E-state index contributed by atoms with van der Waals surface area (Å²) in [6, 6.07) is 7.47. The first-order valence-corrected chi connectivity index (χ1v) is 4.31. The molecule has 0 saturated carbocycles. The van der Waals surface area contributed by atoms with Crippen molar-refractivity contribution in [2.45, 2.75) is 19.1 Å². The summed E-state index contributed by atoms with van der Waals surface area (Å²) >= 11 is 0. The van der Waals surface area contributed by atoms with E-state index in [4.69, 9.17) is 11.0 Å². The molecule has 0 aliphatic rings. The van der Waals surface area contributed by atoms with Crippen molar-refractivity contribution < 1.29 is 13.5 Å². The van der Waals surface area contributed by atoms with E-state index in [2.05, 4.69) is 4.74 Å². The van der Waals surface area contributed by atoms with Crippen LogP contribution >= 0.6 is 0 Å². The summed E-state index contributed by atoms with van der Waals surface area (Å²) in [5.41, 5.74) is 6.05. The third-order valence-corrected chi connectivity index (χ3v) is 1.85. The molecule has 0 amide bonds. The highest BCUT2D eigenvalue weighted by Gasteiger charge is 2.14. The number of benzene rings is 1. The number of nitriles is 1. The van der Waals surface area contributed by atoms with Crippen LogP contribution in [0.15, 0.2) is 24.3 Å². The molecule has 15 heavy (non-hydrogen) atoms. The van der Waals surface area contributed by atoms with E-state index in [0.717, 1.165) is 0 Å². The summed E-state index contributed by atoms with van der Waals surface area (Å²) < 4.78 is 28.3. The van der Waals surface area contributed by atoms with Gasteiger partial charge in [0, 0.05) is 11.6 Å². The molecule has 0 unspecified atom stereocenters. The first-order valence-electron chi connectivity index (χ1n) is 4.31. The average molecular weight is 212 g/mol. The number of alkyl halides is 2. The van der Waals surface area contributed by atoms with E-state index in [-0.39, 0.29) is 12.2 Å². The Hall–Kier alpha value is -1.67. The molecule has 1 aromatic carbocycles. The van der Waals surface area contributed by atoms with Gasteiger partial charge in [0.15, 0.2) is 0 Å². The molecule has 0 heterocycles. The third-order valence-electron chi connectivity index (χ3n) is 1.85. The molecule has 0 aliphatic carbocycles. The molecule has 0 aromatic heterocycles. The number of ether oxygens (including phenoxy) is 1. The van der Waals surface area contributed by atoms with Gasteiger partial charge in [0.2, 0.25) is 0 Å². The van der Waals surface area contributed by atoms with Crippen molar-refractivity contribution in [3.8, 4) is 11.8 Å². The number of halogens is 2. The predicted octanol–water partition coefficient (Wildman–Crippen LogP) is 2.20. The Morgan fingerprint density at radius 1 is 1.40 bits per heavy atom. The molecule has 0 radical (unpaired) electrons. The van der Waals surface area contributed by atoms with Crippen LogP contribution in [0.3, 0.4) is 0 Å². The molecule has 0 saturated heterocycles. The second-order valence-electron chi connectivity index (χ2n) is 2.89. The summed E-state index contributed by atoms with van der Waals surface area (Å²) in [5.74, 6) is 0.0234. The Labute approximate surface area is 86.1 Å². The van der Waals surface area contributed by atoms with E-state index >= 15 is 0 Å². The van der Waals surface area contributed by atoms with Crippen LogP contribution in [0, 0.1) is 11.3 Å². The van der Waals surface area contributed by atoms with Crippen molar-refractivity contribution in [1.29, 1.82) is 5.26 Å². The lowest BCUT2D eigenvalue weighted by molar-refractivity contribution is -0.0506. The van der Waals surface area contributed by atoms with Crippen LogP contribution in [-0.4, -0.2) is 6.61 Å². The van der Waals surface area contributed by atoms with Gasteiger partial charge in [-0.3, -0.25) is 0 Å². The van der Waals surface area contributed by atoms with E-state index < -0.39 is 12.7 Å². The normalized spacial score (nSPS) is 12.2. The zero-order valence-corrected chi connectivity index (χ0v) is 7.86. The van der Waals surface area contributed by atoms with Crippen molar-refractivity contribution >= 4 is 0 Å². The van der Waals surface area contributed by atoms with E-state index in [0.29, 0.717) is 5.56 Å². The van der Waals surface area contributed by atoms with Crippen molar-refractivity contribution in [2.24, 2.45) is 5.73 Å². The van der Waals surface area contributed by atoms with Crippen molar-refractivity contribution in [3.05, 3.63) is 29.8 Å². The van der Waals surface area contributed by atoms with Gasteiger partial charge in [-0.1, -0.05) is 18.2 Å². The second kappa shape index (κ2) is 5.27. The fraction of sp³-hybridized carbons (Fsp3) is 0.300. The maximum absolute atomic E-state index is 12.0. The highest BCUT2D eigenvalue weighted by Crippen LogP contribution is 2.26. The van der Waals surface area contributed by atoms with E-state index in [1.165, 1.54) is 6.07 Å². The van der Waals surface area contributed by atoms with Crippen LogP contribution < -0.4 is 10.5 Å². The molecule has 0 fully saturated rings.